The summed E-state index contributed by atoms with van der Waals surface area (Å²) in [5, 5.41) is 16.4. The lowest BCUT2D eigenvalue weighted by Crippen LogP contribution is -2.29. The Morgan fingerprint density at radius 3 is 2.53 bits per heavy atom. The highest BCUT2D eigenvalue weighted by atomic mass is 16.5. The van der Waals surface area contributed by atoms with E-state index in [2.05, 4.69) is 27.8 Å². The van der Waals surface area contributed by atoms with Crippen molar-refractivity contribution in [3.05, 3.63) is 58.7 Å². The monoisotopic (exact) mass is 404 g/mol. The number of nitriles is 1. The predicted octanol–water partition coefficient (Wildman–Crippen LogP) is 3.58. The van der Waals surface area contributed by atoms with E-state index in [1.165, 1.54) is 7.11 Å². The molecule has 0 aliphatic rings. The molecule has 1 amide bonds. The first-order valence-corrected chi connectivity index (χ1v) is 9.53. The molecule has 0 saturated heterocycles. The van der Waals surface area contributed by atoms with E-state index < -0.39 is 0 Å². The molecule has 1 heterocycles. The average Bonchev–Trinajstić information content (AvgIpc) is 2.75. The third-order valence-electron chi connectivity index (χ3n) is 4.75. The number of nitrogens with one attached hydrogen (secondary N) is 2. The zero-order valence-corrected chi connectivity index (χ0v) is 17.5. The lowest BCUT2D eigenvalue weighted by molar-refractivity contribution is 0.0954. The van der Waals surface area contributed by atoms with Gasteiger partial charge in [-0.2, -0.15) is 5.26 Å². The third-order valence-corrected chi connectivity index (χ3v) is 4.75. The fourth-order valence-corrected chi connectivity index (χ4v) is 3.29. The zero-order valence-electron chi connectivity index (χ0n) is 17.5. The first-order chi connectivity index (χ1) is 14.5. The summed E-state index contributed by atoms with van der Waals surface area (Å²) in [4.78, 5) is 17.0. The Balaban J connectivity index is 1.66. The summed E-state index contributed by atoms with van der Waals surface area (Å²) in [7, 11) is 3.07. The summed E-state index contributed by atoms with van der Waals surface area (Å²) >= 11 is 0. The van der Waals surface area contributed by atoms with Crippen molar-refractivity contribution < 1.29 is 14.3 Å². The minimum absolute atomic E-state index is 0.226. The number of aromatic nitrogens is 1. The topological polar surface area (TPSA) is 96.3 Å². The number of anilines is 1. The van der Waals surface area contributed by atoms with Crippen molar-refractivity contribution in [2.45, 2.75) is 13.8 Å². The van der Waals surface area contributed by atoms with E-state index >= 15 is 0 Å². The van der Waals surface area contributed by atoms with Crippen molar-refractivity contribution in [1.29, 1.82) is 5.26 Å². The number of hydrogen-bond acceptors (Lipinski definition) is 6. The highest BCUT2D eigenvalue weighted by molar-refractivity contribution is 5.95. The quantitative estimate of drug-likeness (QED) is 0.584. The highest BCUT2D eigenvalue weighted by Gasteiger charge is 2.11. The van der Waals surface area contributed by atoms with E-state index in [4.69, 9.17) is 9.47 Å². The lowest BCUT2D eigenvalue weighted by atomic mass is 10.0. The van der Waals surface area contributed by atoms with Crippen LogP contribution < -0.4 is 20.1 Å². The molecule has 0 radical (unpaired) electrons. The van der Waals surface area contributed by atoms with Gasteiger partial charge in [-0.05, 0) is 55.3 Å². The van der Waals surface area contributed by atoms with E-state index in [9.17, 15) is 10.1 Å². The molecule has 1 aromatic heterocycles. The number of fused-ring (bicyclic) bond motifs is 1. The van der Waals surface area contributed by atoms with Crippen LogP contribution in [0.2, 0.25) is 0 Å². The van der Waals surface area contributed by atoms with Crippen LogP contribution in [0.5, 0.6) is 11.5 Å². The van der Waals surface area contributed by atoms with E-state index in [0.717, 1.165) is 22.0 Å². The van der Waals surface area contributed by atoms with E-state index in [0.29, 0.717) is 41.5 Å². The fraction of sp³-hybridized carbons (Fsp3) is 0.261. The van der Waals surface area contributed by atoms with Gasteiger partial charge in [0.05, 0.1) is 25.3 Å². The van der Waals surface area contributed by atoms with Crippen molar-refractivity contribution in [3.8, 4) is 17.6 Å². The number of nitrogens with zero attached hydrogens (tertiary/aromatic N) is 2. The molecule has 30 heavy (non-hydrogen) atoms. The SMILES string of the molecule is COc1ccc(C(=O)NCCNc2nc3cc(C)cc(C)c3cc2C#N)cc1OC. The van der Waals surface area contributed by atoms with Crippen LogP contribution in [0, 0.1) is 25.2 Å². The summed E-state index contributed by atoms with van der Waals surface area (Å²) in [5.41, 5.74) is 3.98. The molecule has 0 bridgehead atoms. The molecule has 2 N–H and O–H groups in total. The molecule has 7 nitrogen and oxygen atoms in total. The Labute approximate surface area is 175 Å². The zero-order chi connectivity index (χ0) is 21.7. The van der Waals surface area contributed by atoms with Gasteiger partial charge in [0.25, 0.3) is 5.91 Å². The Morgan fingerprint density at radius 1 is 1.07 bits per heavy atom. The van der Waals surface area contributed by atoms with Crippen LogP contribution in [-0.4, -0.2) is 38.2 Å². The normalized spacial score (nSPS) is 10.4. The van der Waals surface area contributed by atoms with Gasteiger partial charge in [-0.1, -0.05) is 6.07 Å². The molecule has 7 heteroatoms. The van der Waals surface area contributed by atoms with Gasteiger partial charge < -0.3 is 20.1 Å². The van der Waals surface area contributed by atoms with E-state index in [-0.39, 0.29) is 5.91 Å². The van der Waals surface area contributed by atoms with Gasteiger partial charge in [0.2, 0.25) is 0 Å². The standard InChI is InChI=1S/C23H24N4O3/c1-14-9-15(2)18-11-17(13-24)22(27-19(18)10-14)25-7-8-26-23(28)16-5-6-20(29-3)21(12-16)30-4/h5-6,9-12H,7-8H2,1-4H3,(H,25,27)(H,26,28). The van der Waals surface area contributed by atoms with Crippen molar-refractivity contribution >= 4 is 22.6 Å². The van der Waals surface area contributed by atoms with E-state index in [1.54, 1.807) is 25.3 Å². The van der Waals surface area contributed by atoms with Gasteiger partial charge in [-0.15, -0.1) is 0 Å². The minimum atomic E-state index is -0.226. The molecule has 0 aliphatic carbocycles. The maximum absolute atomic E-state index is 12.4. The smallest absolute Gasteiger partial charge is 0.251 e. The number of rotatable bonds is 7. The van der Waals surface area contributed by atoms with Gasteiger partial charge in [-0.25, -0.2) is 4.98 Å². The molecule has 154 valence electrons. The molecule has 3 rings (SSSR count). The van der Waals surface area contributed by atoms with Crippen LogP contribution in [0.4, 0.5) is 5.82 Å². The minimum Gasteiger partial charge on any atom is -0.493 e. The Bertz CT molecular complexity index is 1140. The number of benzene rings is 2. The summed E-state index contributed by atoms with van der Waals surface area (Å²) < 4.78 is 10.4. The van der Waals surface area contributed by atoms with Gasteiger partial charge in [0.1, 0.15) is 11.9 Å². The fourth-order valence-electron chi connectivity index (χ4n) is 3.29. The van der Waals surface area contributed by atoms with Crippen LogP contribution in [0.15, 0.2) is 36.4 Å². The molecular formula is C23H24N4O3. The van der Waals surface area contributed by atoms with Gasteiger partial charge in [-0.3, -0.25) is 4.79 Å². The van der Waals surface area contributed by atoms with Crippen molar-refractivity contribution in [2.24, 2.45) is 0 Å². The summed E-state index contributed by atoms with van der Waals surface area (Å²) in [6.45, 7) is 4.82. The molecule has 2 aromatic carbocycles. The lowest BCUT2D eigenvalue weighted by Gasteiger charge is -2.12. The van der Waals surface area contributed by atoms with Gasteiger partial charge in [0, 0.05) is 24.0 Å². The number of hydrogen-bond donors (Lipinski definition) is 2. The number of carbonyl (C=O) groups is 1. The number of pyridine rings is 1. The van der Waals surface area contributed by atoms with Gasteiger partial charge >= 0.3 is 0 Å². The first-order valence-electron chi connectivity index (χ1n) is 9.53. The molecule has 0 saturated carbocycles. The highest BCUT2D eigenvalue weighted by Crippen LogP contribution is 2.27. The second-order valence-corrected chi connectivity index (χ2v) is 6.90. The van der Waals surface area contributed by atoms with Crippen molar-refractivity contribution in [3.63, 3.8) is 0 Å². The van der Waals surface area contributed by atoms with Crippen LogP contribution in [-0.2, 0) is 0 Å². The average molecular weight is 404 g/mol. The molecule has 0 fully saturated rings. The maximum atomic E-state index is 12.4. The predicted molar refractivity (Wildman–Crippen MR) is 116 cm³/mol. The van der Waals surface area contributed by atoms with E-state index in [1.807, 2.05) is 26.0 Å². The van der Waals surface area contributed by atoms with Crippen LogP contribution in [0.1, 0.15) is 27.0 Å². The largest absolute Gasteiger partial charge is 0.493 e. The molecule has 0 unspecified atom stereocenters. The Morgan fingerprint density at radius 2 is 1.83 bits per heavy atom. The molecule has 0 aliphatic heterocycles. The molecule has 0 atom stereocenters. The van der Waals surface area contributed by atoms with Gasteiger partial charge in [0.15, 0.2) is 11.5 Å². The maximum Gasteiger partial charge on any atom is 0.251 e. The number of methoxy groups -OCH3 is 2. The summed E-state index contributed by atoms with van der Waals surface area (Å²) in [6.07, 6.45) is 0. The molecular weight excluding hydrogens is 380 g/mol. The van der Waals surface area contributed by atoms with Crippen LogP contribution in [0.25, 0.3) is 10.9 Å². The summed E-state index contributed by atoms with van der Waals surface area (Å²) in [5.74, 6) is 1.34. The van der Waals surface area contributed by atoms with Crippen LogP contribution >= 0.6 is 0 Å². The number of amides is 1. The molecule has 0 spiro atoms. The van der Waals surface area contributed by atoms with Crippen LogP contribution in [0.3, 0.4) is 0 Å². The first kappa shape index (κ1) is 20.9. The Kier molecular flexibility index (Phi) is 6.38. The third kappa shape index (κ3) is 4.44. The Hall–Kier alpha value is -3.79. The number of carbonyl (C=O) groups excluding carboxylic acids is 1. The second kappa shape index (κ2) is 9.14. The second-order valence-electron chi connectivity index (χ2n) is 6.90. The molecule has 3 aromatic rings. The number of ether oxygens (including phenoxy) is 2. The number of aryl methyl sites for hydroxylation is 2. The van der Waals surface area contributed by atoms with Crippen molar-refractivity contribution in [2.75, 3.05) is 32.6 Å². The van der Waals surface area contributed by atoms with Crippen molar-refractivity contribution in [1.82, 2.24) is 10.3 Å². The summed E-state index contributed by atoms with van der Waals surface area (Å²) in [6, 6.07) is 13.1.